The van der Waals surface area contributed by atoms with Crippen LogP contribution in [0.25, 0.3) is 0 Å². The van der Waals surface area contributed by atoms with Gasteiger partial charge >= 0.3 is 0 Å². The van der Waals surface area contributed by atoms with Gasteiger partial charge in [0.2, 0.25) is 0 Å². The summed E-state index contributed by atoms with van der Waals surface area (Å²) in [6.45, 7) is 1.04. The van der Waals surface area contributed by atoms with E-state index in [1.165, 1.54) is 17.7 Å². The molecule has 3 rings (SSSR count). The van der Waals surface area contributed by atoms with Crippen molar-refractivity contribution >= 4 is 5.69 Å². The summed E-state index contributed by atoms with van der Waals surface area (Å²) >= 11 is 0. The SMILES string of the molecule is Nc1ccc(OCC2OCCc3ccccc32)cc1F. The molecule has 20 heavy (non-hydrogen) atoms. The van der Waals surface area contributed by atoms with Crippen LogP contribution in [0.3, 0.4) is 0 Å². The molecule has 0 aliphatic carbocycles. The minimum atomic E-state index is -0.465. The fourth-order valence-corrected chi connectivity index (χ4v) is 2.38. The van der Waals surface area contributed by atoms with Gasteiger partial charge in [-0.25, -0.2) is 4.39 Å². The van der Waals surface area contributed by atoms with Crippen LogP contribution in [0.4, 0.5) is 10.1 Å². The lowest BCUT2D eigenvalue weighted by Crippen LogP contribution is -2.21. The van der Waals surface area contributed by atoms with Crippen LogP contribution in [-0.2, 0) is 11.2 Å². The molecule has 1 aliphatic heterocycles. The Morgan fingerprint density at radius 1 is 1.25 bits per heavy atom. The van der Waals surface area contributed by atoms with Crippen LogP contribution in [0.15, 0.2) is 42.5 Å². The summed E-state index contributed by atoms with van der Waals surface area (Å²) in [4.78, 5) is 0. The number of fused-ring (bicyclic) bond motifs is 1. The Morgan fingerprint density at radius 3 is 2.95 bits per heavy atom. The summed E-state index contributed by atoms with van der Waals surface area (Å²) in [6, 6.07) is 12.6. The molecular formula is C16H16FNO2. The minimum absolute atomic E-state index is 0.111. The Morgan fingerprint density at radius 2 is 2.10 bits per heavy atom. The highest BCUT2D eigenvalue weighted by molar-refractivity contribution is 5.43. The summed E-state index contributed by atoms with van der Waals surface area (Å²) in [5.74, 6) is -0.00387. The molecule has 1 atom stereocenters. The van der Waals surface area contributed by atoms with Gasteiger partial charge in [0.15, 0.2) is 0 Å². The summed E-state index contributed by atoms with van der Waals surface area (Å²) in [5.41, 5.74) is 7.99. The van der Waals surface area contributed by atoms with Crippen LogP contribution >= 0.6 is 0 Å². The van der Waals surface area contributed by atoms with Crippen molar-refractivity contribution < 1.29 is 13.9 Å². The molecule has 0 radical (unpaired) electrons. The van der Waals surface area contributed by atoms with E-state index in [4.69, 9.17) is 15.2 Å². The fourth-order valence-electron chi connectivity index (χ4n) is 2.38. The quantitative estimate of drug-likeness (QED) is 0.874. The molecule has 0 saturated carbocycles. The molecule has 0 amide bonds. The first-order chi connectivity index (χ1) is 9.74. The van der Waals surface area contributed by atoms with E-state index in [9.17, 15) is 4.39 Å². The van der Waals surface area contributed by atoms with Crippen molar-refractivity contribution in [2.24, 2.45) is 0 Å². The number of hydrogen-bond donors (Lipinski definition) is 1. The monoisotopic (exact) mass is 273 g/mol. The minimum Gasteiger partial charge on any atom is -0.490 e. The average Bonchev–Trinajstić information content (AvgIpc) is 2.48. The zero-order chi connectivity index (χ0) is 13.9. The molecule has 0 fully saturated rings. The van der Waals surface area contributed by atoms with Crippen molar-refractivity contribution in [3.8, 4) is 5.75 Å². The molecule has 0 spiro atoms. The molecular weight excluding hydrogens is 257 g/mol. The van der Waals surface area contributed by atoms with Crippen LogP contribution in [-0.4, -0.2) is 13.2 Å². The molecule has 0 aromatic heterocycles. The maximum Gasteiger partial charge on any atom is 0.149 e. The van der Waals surface area contributed by atoms with Gasteiger partial charge < -0.3 is 15.2 Å². The maximum atomic E-state index is 13.3. The number of ether oxygens (including phenoxy) is 2. The second-order valence-corrected chi connectivity index (χ2v) is 4.80. The van der Waals surface area contributed by atoms with Crippen molar-refractivity contribution in [2.75, 3.05) is 18.9 Å². The number of nitrogens with two attached hydrogens (primary N) is 1. The summed E-state index contributed by atoms with van der Waals surface area (Å²) in [7, 11) is 0. The second-order valence-electron chi connectivity index (χ2n) is 4.80. The first-order valence-electron chi connectivity index (χ1n) is 6.61. The van der Waals surface area contributed by atoms with Gasteiger partial charge in [-0.15, -0.1) is 0 Å². The molecule has 1 aliphatic rings. The summed E-state index contributed by atoms with van der Waals surface area (Å²) in [5, 5.41) is 0. The third-order valence-electron chi connectivity index (χ3n) is 3.47. The molecule has 4 heteroatoms. The van der Waals surface area contributed by atoms with Crippen LogP contribution in [0.1, 0.15) is 17.2 Å². The van der Waals surface area contributed by atoms with Gasteiger partial charge in [0, 0.05) is 6.07 Å². The Balaban J connectivity index is 1.71. The van der Waals surface area contributed by atoms with E-state index in [0.29, 0.717) is 19.0 Å². The van der Waals surface area contributed by atoms with E-state index in [2.05, 4.69) is 6.07 Å². The first kappa shape index (κ1) is 12.9. The molecule has 1 heterocycles. The second kappa shape index (κ2) is 5.51. The van der Waals surface area contributed by atoms with Crippen LogP contribution < -0.4 is 10.5 Å². The predicted molar refractivity (Wildman–Crippen MR) is 75.1 cm³/mol. The zero-order valence-corrected chi connectivity index (χ0v) is 11.0. The summed E-state index contributed by atoms with van der Waals surface area (Å²) < 4.78 is 24.7. The largest absolute Gasteiger partial charge is 0.490 e. The lowest BCUT2D eigenvalue weighted by molar-refractivity contribution is 0.0101. The van der Waals surface area contributed by atoms with E-state index >= 15 is 0 Å². The highest BCUT2D eigenvalue weighted by Gasteiger charge is 2.21. The molecule has 104 valence electrons. The number of benzene rings is 2. The predicted octanol–water partition coefficient (Wildman–Crippen LogP) is 3.10. The Labute approximate surface area is 117 Å². The van der Waals surface area contributed by atoms with Crippen LogP contribution in [0.5, 0.6) is 5.75 Å². The number of anilines is 1. The van der Waals surface area contributed by atoms with E-state index in [1.807, 2.05) is 18.2 Å². The zero-order valence-electron chi connectivity index (χ0n) is 11.0. The lowest BCUT2D eigenvalue weighted by Gasteiger charge is -2.26. The van der Waals surface area contributed by atoms with Gasteiger partial charge in [-0.2, -0.15) is 0 Å². The van der Waals surface area contributed by atoms with E-state index in [-0.39, 0.29) is 11.8 Å². The van der Waals surface area contributed by atoms with E-state index in [1.54, 1.807) is 6.07 Å². The standard InChI is InChI=1S/C16H16FNO2/c17-14-9-12(5-6-15(14)18)20-10-16-13-4-2-1-3-11(13)7-8-19-16/h1-6,9,16H,7-8,10,18H2. The van der Waals surface area contributed by atoms with Crippen molar-refractivity contribution in [3.05, 3.63) is 59.4 Å². The number of hydrogen-bond acceptors (Lipinski definition) is 3. The van der Waals surface area contributed by atoms with E-state index in [0.717, 1.165) is 12.0 Å². The van der Waals surface area contributed by atoms with Gasteiger partial charge in [-0.3, -0.25) is 0 Å². The van der Waals surface area contributed by atoms with Crippen molar-refractivity contribution in [1.29, 1.82) is 0 Å². The Bertz CT molecular complexity index is 615. The van der Waals surface area contributed by atoms with Crippen molar-refractivity contribution in [3.63, 3.8) is 0 Å². The molecule has 2 aromatic carbocycles. The normalized spacial score (nSPS) is 17.6. The number of nitrogen functional groups attached to an aromatic ring is 1. The highest BCUT2D eigenvalue weighted by atomic mass is 19.1. The third-order valence-corrected chi connectivity index (χ3v) is 3.47. The molecule has 2 N–H and O–H groups in total. The smallest absolute Gasteiger partial charge is 0.149 e. The Kier molecular flexibility index (Phi) is 3.56. The third kappa shape index (κ3) is 2.60. The van der Waals surface area contributed by atoms with Gasteiger partial charge in [0.05, 0.1) is 12.3 Å². The lowest BCUT2D eigenvalue weighted by atomic mass is 9.98. The molecule has 3 nitrogen and oxygen atoms in total. The topological polar surface area (TPSA) is 44.5 Å². The van der Waals surface area contributed by atoms with Crippen molar-refractivity contribution in [2.45, 2.75) is 12.5 Å². The number of halogens is 1. The molecule has 1 unspecified atom stereocenters. The van der Waals surface area contributed by atoms with Crippen molar-refractivity contribution in [1.82, 2.24) is 0 Å². The first-order valence-corrected chi connectivity index (χ1v) is 6.61. The highest BCUT2D eigenvalue weighted by Crippen LogP contribution is 2.28. The van der Waals surface area contributed by atoms with Crippen LogP contribution in [0, 0.1) is 5.82 Å². The molecule has 0 saturated heterocycles. The Hall–Kier alpha value is -2.07. The van der Waals surface area contributed by atoms with Gasteiger partial charge in [-0.1, -0.05) is 24.3 Å². The van der Waals surface area contributed by atoms with Crippen LogP contribution in [0.2, 0.25) is 0 Å². The molecule has 2 aromatic rings. The molecule has 0 bridgehead atoms. The van der Waals surface area contributed by atoms with E-state index < -0.39 is 5.82 Å². The number of rotatable bonds is 3. The average molecular weight is 273 g/mol. The van der Waals surface area contributed by atoms with Gasteiger partial charge in [0.1, 0.15) is 24.3 Å². The van der Waals surface area contributed by atoms with Gasteiger partial charge in [-0.05, 0) is 29.7 Å². The summed E-state index contributed by atoms with van der Waals surface area (Å²) in [6.07, 6.45) is 0.809. The fraction of sp³-hybridized carbons (Fsp3) is 0.250. The van der Waals surface area contributed by atoms with Gasteiger partial charge in [0.25, 0.3) is 0 Å². The maximum absolute atomic E-state index is 13.3.